The Morgan fingerprint density at radius 2 is 1.68 bits per heavy atom. The van der Waals surface area contributed by atoms with Crippen LogP contribution in [0.1, 0.15) is 5.56 Å². The van der Waals surface area contributed by atoms with Gasteiger partial charge in [0.25, 0.3) is 5.56 Å². The monoisotopic (exact) mass is 378 g/mol. The number of nitrogens with zero attached hydrogens (tertiary/aromatic N) is 3. The molecular weight excluding hydrogens is 352 g/mol. The van der Waals surface area contributed by atoms with E-state index in [1.165, 1.54) is 16.2 Å². The fraction of sp³-hybridized carbons (Fsp3) is 0.455. The van der Waals surface area contributed by atoms with Crippen LogP contribution in [0.2, 0.25) is 0 Å². The Kier molecular flexibility index (Phi) is 4.33. The summed E-state index contributed by atoms with van der Waals surface area (Å²) in [7, 11) is 0. The molecule has 1 amide bonds. The maximum atomic E-state index is 12.9. The molecule has 4 aliphatic heterocycles. The van der Waals surface area contributed by atoms with Crippen molar-refractivity contribution in [1.82, 2.24) is 19.7 Å². The zero-order chi connectivity index (χ0) is 19.1. The summed E-state index contributed by atoms with van der Waals surface area (Å²) < 4.78 is 1.47. The Hall–Kier alpha value is -2.44. The zero-order valence-corrected chi connectivity index (χ0v) is 16.0. The Labute approximate surface area is 164 Å². The van der Waals surface area contributed by atoms with Crippen molar-refractivity contribution in [2.45, 2.75) is 18.0 Å². The van der Waals surface area contributed by atoms with Gasteiger partial charge in [0.05, 0.1) is 0 Å². The average molecular weight is 378 g/mol. The van der Waals surface area contributed by atoms with Gasteiger partial charge in [0, 0.05) is 68.9 Å². The van der Waals surface area contributed by atoms with Gasteiger partial charge in [0.2, 0.25) is 5.91 Å². The second-order valence-electron chi connectivity index (χ2n) is 8.46. The van der Waals surface area contributed by atoms with Crippen molar-refractivity contribution >= 4 is 5.91 Å². The summed E-state index contributed by atoms with van der Waals surface area (Å²) in [5, 5.41) is 3.35. The van der Waals surface area contributed by atoms with Crippen molar-refractivity contribution in [3.8, 4) is 0 Å². The fourth-order valence-corrected chi connectivity index (χ4v) is 5.53. The van der Waals surface area contributed by atoms with Gasteiger partial charge in [-0.2, -0.15) is 0 Å². The maximum Gasteiger partial charge on any atom is 0.250 e. The minimum absolute atomic E-state index is 0.0706. The first-order chi connectivity index (χ1) is 13.6. The summed E-state index contributed by atoms with van der Waals surface area (Å²) in [6, 6.07) is 15.7. The third-order valence-electron chi connectivity index (χ3n) is 6.67. The SMILES string of the molecule is O=C(Cn1ccccc1=O)N[C@H]1C2CN3CCN(C2)CC1(c1ccccc1)C3. The number of rotatable bonds is 4. The molecule has 5 heterocycles. The first-order valence-corrected chi connectivity index (χ1v) is 10.1. The molecule has 0 radical (unpaired) electrons. The molecule has 0 spiro atoms. The van der Waals surface area contributed by atoms with E-state index < -0.39 is 0 Å². The molecule has 0 saturated carbocycles. The van der Waals surface area contributed by atoms with Crippen LogP contribution >= 0.6 is 0 Å². The second-order valence-corrected chi connectivity index (χ2v) is 8.46. The minimum Gasteiger partial charge on any atom is -0.350 e. The summed E-state index contributed by atoms with van der Waals surface area (Å²) in [5.74, 6) is 0.325. The van der Waals surface area contributed by atoms with E-state index in [0.29, 0.717) is 5.92 Å². The fourth-order valence-electron chi connectivity index (χ4n) is 5.53. The van der Waals surface area contributed by atoms with E-state index in [1.54, 1.807) is 18.3 Å². The van der Waals surface area contributed by atoms with Crippen LogP contribution in [0, 0.1) is 5.92 Å². The van der Waals surface area contributed by atoms with Crippen LogP contribution in [0.4, 0.5) is 0 Å². The Balaban J connectivity index is 1.46. The molecular formula is C22H26N4O2. The molecule has 4 bridgehead atoms. The van der Waals surface area contributed by atoms with Gasteiger partial charge >= 0.3 is 0 Å². The van der Waals surface area contributed by atoms with Crippen LogP contribution in [0.5, 0.6) is 0 Å². The summed E-state index contributed by atoms with van der Waals surface area (Å²) in [6.45, 7) is 6.28. The van der Waals surface area contributed by atoms with Crippen molar-refractivity contribution in [2.75, 3.05) is 39.3 Å². The largest absolute Gasteiger partial charge is 0.350 e. The van der Waals surface area contributed by atoms with Gasteiger partial charge in [-0.05, 0) is 11.6 Å². The summed E-state index contributed by atoms with van der Waals surface area (Å²) >= 11 is 0. The third kappa shape index (κ3) is 2.97. The average Bonchev–Trinajstić information content (AvgIpc) is 2.95. The highest BCUT2D eigenvalue weighted by molar-refractivity contribution is 5.76. The van der Waals surface area contributed by atoms with Crippen molar-refractivity contribution in [3.63, 3.8) is 0 Å². The van der Waals surface area contributed by atoms with Gasteiger partial charge in [-0.3, -0.25) is 9.59 Å². The molecule has 4 fully saturated rings. The van der Waals surface area contributed by atoms with E-state index in [9.17, 15) is 9.59 Å². The highest BCUT2D eigenvalue weighted by atomic mass is 16.2. The number of aromatic nitrogens is 1. The van der Waals surface area contributed by atoms with Gasteiger partial charge in [0.1, 0.15) is 6.54 Å². The van der Waals surface area contributed by atoms with Crippen LogP contribution < -0.4 is 10.9 Å². The summed E-state index contributed by atoms with van der Waals surface area (Å²) in [4.78, 5) is 30.0. The van der Waals surface area contributed by atoms with E-state index in [0.717, 1.165) is 39.3 Å². The third-order valence-corrected chi connectivity index (χ3v) is 6.67. The molecule has 3 atom stereocenters. The molecule has 4 aliphatic rings. The number of pyridine rings is 1. The lowest BCUT2D eigenvalue weighted by Crippen LogP contribution is -2.70. The van der Waals surface area contributed by atoms with Gasteiger partial charge < -0.3 is 19.7 Å². The Morgan fingerprint density at radius 3 is 2.36 bits per heavy atom. The molecule has 6 heteroatoms. The van der Waals surface area contributed by atoms with Crippen LogP contribution in [0.15, 0.2) is 59.5 Å². The number of carbonyl (C=O) groups is 1. The lowest BCUT2D eigenvalue weighted by Gasteiger charge is -2.55. The molecule has 0 aliphatic carbocycles. The smallest absolute Gasteiger partial charge is 0.250 e. The zero-order valence-electron chi connectivity index (χ0n) is 16.0. The van der Waals surface area contributed by atoms with Gasteiger partial charge in [-0.25, -0.2) is 0 Å². The molecule has 1 aromatic carbocycles. The Morgan fingerprint density at radius 1 is 1.00 bits per heavy atom. The molecule has 2 aromatic rings. The van der Waals surface area contributed by atoms with E-state index in [1.807, 2.05) is 6.07 Å². The summed E-state index contributed by atoms with van der Waals surface area (Å²) in [5.41, 5.74) is 1.06. The lowest BCUT2D eigenvalue weighted by atomic mass is 9.64. The molecule has 1 N–H and O–H groups in total. The molecule has 6 nitrogen and oxygen atoms in total. The minimum atomic E-state index is -0.144. The Bertz CT molecular complexity index is 909. The number of nitrogens with one attached hydrogen (secondary N) is 1. The first kappa shape index (κ1) is 17.6. The molecule has 146 valence electrons. The molecule has 6 rings (SSSR count). The van der Waals surface area contributed by atoms with Crippen LogP contribution in [0.3, 0.4) is 0 Å². The number of carbonyl (C=O) groups excluding carboxylic acids is 1. The number of hydrogen-bond acceptors (Lipinski definition) is 4. The molecule has 2 unspecified atom stereocenters. The van der Waals surface area contributed by atoms with Gasteiger partial charge in [-0.15, -0.1) is 0 Å². The van der Waals surface area contributed by atoms with Crippen LogP contribution in [-0.2, 0) is 16.8 Å². The van der Waals surface area contributed by atoms with E-state index in [4.69, 9.17) is 0 Å². The van der Waals surface area contributed by atoms with Crippen LogP contribution in [-0.4, -0.2) is 65.6 Å². The summed E-state index contributed by atoms with van der Waals surface area (Å²) in [6.07, 6.45) is 1.67. The number of amides is 1. The number of hydrogen-bond donors (Lipinski definition) is 1. The van der Waals surface area contributed by atoms with Crippen molar-refractivity contribution < 1.29 is 4.79 Å². The second kappa shape index (κ2) is 6.87. The molecule has 28 heavy (non-hydrogen) atoms. The first-order valence-electron chi connectivity index (χ1n) is 10.1. The normalized spacial score (nSPS) is 33.4. The maximum absolute atomic E-state index is 12.9. The number of fused-ring (bicyclic) bond motifs is 1. The quantitative estimate of drug-likeness (QED) is 0.843. The highest BCUT2D eigenvalue weighted by Crippen LogP contribution is 2.43. The lowest BCUT2D eigenvalue weighted by molar-refractivity contribution is -0.125. The number of piperidine rings is 2. The van der Waals surface area contributed by atoms with E-state index >= 15 is 0 Å². The van der Waals surface area contributed by atoms with Crippen LogP contribution in [0.25, 0.3) is 0 Å². The van der Waals surface area contributed by atoms with E-state index in [2.05, 4.69) is 39.4 Å². The predicted molar refractivity (Wildman–Crippen MR) is 107 cm³/mol. The van der Waals surface area contributed by atoms with Crippen molar-refractivity contribution in [2.24, 2.45) is 5.92 Å². The standard InChI is InChI=1S/C22H26N4O2/c27-19(14-26-9-5-4-8-20(26)28)23-21-17-12-24-10-11-25(13-17)16-22(21,15-24)18-6-2-1-3-7-18/h1-9,17,21H,10-16H2,(H,23,27)/t17?,21-,22?/m0/s1. The van der Waals surface area contributed by atoms with Crippen molar-refractivity contribution in [3.05, 3.63) is 70.6 Å². The predicted octanol–water partition coefficient (Wildman–Crippen LogP) is 0.532. The topological polar surface area (TPSA) is 57.6 Å². The van der Waals surface area contributed by atoms with Gasteiger partial charge in [-0.1, -0.05) is 36.4 Å². The molecule has 4 saturated heterocycles. The number of benzene rings is 1. The van der Waals surface area contributed by atoms with E-state index in [-0.39, 0.29) is 29.5 Å². The van der Waals surface area contributed by atoms with Gasteiger partial charge in [0.15, 0.2) is 0 Å². The highest BCUT2D eigenvalue weighted by Gasteiger charge is 2.55. The molecule has 1 aromatic heterocycles. The van der Waals surface area contributed by atoms with Crippen molar-refractivity contribution in [1.29, 1.82) is 0 Å².